The standard InChI is InChI=1S/C16H19N3O4/c1-9(2)23-14-6-5-11(16(21)22)7-13(14)17-15(20)12-8-19(4)18-10(12)3/h5-9H,1-4H3,(H,17,20)(H,21,22). The Kier molecular flexibility index (Phi) is 4.68. The average molecular weight is 317 g/mol. The summed E-state index contributed by atoms with van der Waals surface area (Å²) in [6.07, 6.45) is 1.50. The second kappa shape index (κ2) is 6.51. The normalized spacial score (nSPS) is 10.7. The van der Waals surface area contributed by atoms with E-state index in [1.165, 1.54) is 18.2 Å². The topological polar surface area (TPSA) is 93.5 Å². The van der Waals surface area contributed by atoms with Crippen molar-refractivity contribution in [2.45, 2.75) is 26.9 Å². The quantitative estimate of drug-likeness (QED) is 0.883. The van der Waals surface area contributed by atoms with Gasteiger partial charge in [0.05, 0.1) is 28.6 Å². The van der Waals surface area contributed by atoms with Crippen LogP contribution in [0.5, 0.6) is 5.75 Å². The van der Waals surface area contributed by atoms with E-state index in [9.17, 15) is 9.59 Å². The highest BCUT2D eigenvalue weighted by Crippen LogP contribution is 2.27. The summed E-state index contributed by atoms with van der Waals surface area (Å²) < 4.78 is 7.17. The number of aromatic nitrogens is 2. The molecular weight excluding hydrogens is 298 g/mol. The first kappa shape index (κ1) is 16.5. The van der Waals surface area contributed by atoms with Gasteiger partial charge in [-0.15, -0.1) is 0 Å². The van der Waals surface area contributed by atoms with Gasteiger partial charge in [0.25, 0.3) is 5.91 Å². The summed E-state index contributed by atoms with van der Waals surface area (Å²) in [5.41, 5.74) is 1.39. The van der Waals surface area contributed by atoms with Gasteiger partial charge in [0.1, 0.15) is 5.75 Å². The predicted octanol–water partition coefficient (Wildman–Crippen LogP) is 2.47. The van der Waals surface area contributed by atoms with Crippen LogP contribution in [-0.4, -0.2) is 32.9 Å². The summed E-state index contributed by atoms with van der Waals surface area (Å²) in [7, 11) is 1.72. The number of nitrogens with one attached hydrogen (secondary N) is 1. The van der Waals surface area contributed by atoms with Crippen LogP contribution in [0.1, 0.15) is 40.3 Å². The van der Waals surface area contributed by atoms with Crippen LogP contribution in [0.15, 0.2) is 24.4 Å². The number of amides is 1. The van der Waals surface area contributed by atoms with E-state index in [-0.39, 0.29) is 17.6 Å². The zero-order valence-electron chi connectivity index (χ0n) is 13.5. The summed E-state index contributed by atoms with van der Waals surface area (Å²) in [4.78, 5) is 23.5. The second-order valence-corrected chi connectivity index (χ2v) is 5.44. The molecule has 0 atom stereocenters. The van der Waals surface area contributed by atoms with Crippen LogP contribution < -0.4 is 10.1 Å². The van der Waals surface area contributed by atoms with Gasteiger partial charge in [0, 0.05) is 13.2 Å². The van der Waals surface area contributed by atoms with E-state index in [0.29, 0.717) is 22.7 Å². The van der Waals surface area contributed by atoms with E-state index in [4.69, 9.17) is 9.84 Å². The van der Waals surface area contributed by atoms with Crippen LogP contribution in [0.4, 0.5) is 5.69 Å². The van der Waals surface area contributed by atoms with Crippen LogP contribution in [0, 0.1) is 6.92 Å². The van der Waals surface area contributed by atoms with Crippen molar-refractivity contribution in [2.24, 2.45) is 7.05 Å². The van der Waals surface area contributed by atoms with Crippen molar-refractivity contribution in [2.75, 3.05) is 5.32 Å². The highest BCUT2D eigenvalue weighted by atomic mass is 16.5. The summed E-state index contributed by atoms with van der Waals surface area (Å²) >= 11 is 0. The maximum atomic E-state index is 12.4. The lowest BCUT2D eigenvalue weighted by molar-refractivity contribution is 0.0696. The van der Waals surface area contributed by atoms with Gasteiger partial charge in [0.2, 0.25) is 0 Å². The SMILES string of the molecule is Cc1nn(C)cc1C(=O)Nc1cc(C(=O)O)ccc1OC(C)C. The molecule has 0 aliphatic heterocycles. The van der Waals surface area contributed by atoms with Gasteiger partial charge < -0.3 is 15.2 Å². The summed E-state index contributed by atoms with van der Waals surface area (Å²) in [5, 5.41) is 15.9. The lowest BCUT2D eigenvalue weighted by atomic mass is 10.1. The van der Waals surface area contributed by atoms with Crippen molar-refractivity contribution in [3.63, 3.8) is 0 Å². The Morgan fingerprint density at radius 3 is 2.57 bits per heavy atom. The second-order valence-electron chi connectivity index (χ2n) is 5.44. The molecule has 0 aliphatic carbocycles. The van der Waals surface area contributed by atoms with Crippen LogP contribution in [-0.2, 0) is 7.05 Å². The molecule has 0 spiro atoms. The minimum Gasteiger partial charge on any atom is -0.489 e. The number of nitrogens with zero attached hydrogens (tertiary/aromatic N) is 2. The molecule has 2 rings (SSSR count). The smallest absolute Gasteiger partial charge is 0.335 e. The maximum Gasteiger partial charge on any atom is 0.335 e. The first-order valence-corrected chi connectivity index (χ1v) is 7.13. The third kappa shape index (κ3) is 3.88. The largest absolute Gasteiger partial charge is 0.489 e. The molecule has 0 radical (unpaired) electrons. The molecule has 2 N–H and O–H groups in total. The molecule has 1 aromatic heterocycles. The number of hydrogen-bond acceptors (Lipinski definition) is 4. The van der Waals surface area contributed by atoms with Gasteiger partial charge in [-0.25, -0.2) is 4.79 Å². The monoisotopic (exact) mass is 317 g/mol. The minimum atomic E-state index is -1.07. The molecular formula is C16H19N3O4. The number of aromatic carboxylic acids is 1. The summed E-state index contributed by atoms with van der Waals surface area (Å²) in [5.74, 6) is -1.03. The molecule has 0 bridgehead atoms. The van der Waals surface area contributed by atoms with E-state index >= 15 is 0 Å². The first-order chi connectivity index (χ1) is 10.8. The Morgan fingerprint density at radius 2 is 2.04 bits per heavy atom. The summed E-state index contributed by atoms with van der Waals surface area (Å²) in [6, 6.07) is 4.35. The third-order valence-corrected chi connectivity index (χ3v) is 3.10. The number of anilines is 1. The summed E-state index contributed by atoms with van der Waals surface area (Å²) in [6.45, 7) is 5.43. The number of carboxylic acids is 1. The first-order valence-electron chi connectivity index (χ1n) is 7.13. The van der Waals surface area contributed by atoms with E-state index < -0.39 is 5.97 Å². The Labute approximate surface area is 133 Å². The Hall–Kier alpha value is -2.83. The number of carboxylic acid groups (broad SMARTS) is 1. The fourth-order valence-electron chi connectivity index (χ4n) is 2.13. The Bertz CT molecular complexity index is 750. The van der Waals surface area contributed by atoms with Crippen molar-refractivity contribution in [3.8, 4) is 5.75 Å². The van der Waals surface area contributed by atoms with E-state index in [0.717, 1.165) is 0 Å². The number of rotatable bonds is 5. The van der Waals surface area contributed by atoms with Crippen molar-refractivity contribution in [1.82, 2.24) is 9.78 Å². The van der Waals surface area contributed by atoms with Gasteiger partial charge in [0.15, 0.2) is 0 Å². The molecule has 0 saturated heterocycles. The Balaban J connectivity index is 2.35. The van der Waals surface area contributed by atoms with Gasteiger partial charge in [-0.1, -0.05) is 0 Å². The number of benzene rings is 1. The highest BCUT2D eigenvalue weighted by molar-refractivity contribution is 6.06. The zero-order chi connectivity index (χ0) is 17.1. The van der Waals surface area contributed by atoms with Gasteiger partial charge in [-0.3, -0.25) is 9.48 Å². The molecule has 0 aliphatic rings. The van der Waals surface area contributed by atoms with Crippen LogP contribution >= 0.6 is 0 Å². The molecule has 122 valence electrons. The van der Waals surface area contributed by atoms with Gasteiger partial charge in [-0.2, -0.15) is 5.10 Å². The molecule has 2 aromatic rings. The number of aryl methyl sites for hydroxylation is 2. The molecule has 23 heavy (non-hydrogen) atoms. The lowest BCUT2D eigenvalue weighted by Crippen LogP contribution is -2.15. The Morgan fingerprint density at radius 1 is 1.35 bits per heavy atom. The molecule has 0 saturated carbocycles. The van der Waals surface area contributed by atoms with E-state index in [1.807, 2.05) is 13.8 Å². The number of carbonyl (C=O) groups is 2. The molecule has 7 heteroatoms. The maximum absolute atomic E-state index is 12.4. The van der Waals surface area contributed by atoms with Crippen LogP contribution in [0.2, 0.25) is 0 Å². The average Bonchev–Trinajstić information content (AvgIpc) is 2.79. The zero-order valence-corrected chi connectivity index (χ0v) is 13.5. The van der Waals surface area contributed by atoms with Crippen molar-refractivity contribution >= 4 is 17.6 Å². The molecule has 0 fully saturated rings. The number of carbonyl (C=O) groups excluding carboxylic acids is 1. The highest BCUT2D eigenvalue weighted by Gasteiger charge is 2.17. The number of hydrogen-bond donors (Lipinski definition) is 2. The fourth-order valence-corrected chi connectivity index (χ4v) is 2.13. The van der Waals surface area contributed by atoms with Crippen molar-refractivity contribution in [1.29, 1.82) is 0 Å². The van der Waals surface area contributed by atoms with Crippen molar-refractivity contribution in [3.05, 3.63) is 41.2 Å². The fraction of sp³-hybridized carbons (Fsp3) is 0.312. The van der Waals surface area contributed by atoms with Crippen LogP contribution in [0.3, 0.4) is 0 Å². The lowest BCUT2D eigenvalue weighted by Gasteiger charge is -2.15. The molecule has 1 aromatic carbocycles. The van der Waals surface area contributed by atoms with Gasteiger partial charge >= 0.3 is 5.97 Å². The molecule has 1 amide bonds. The molecule has 0 unspecified atom stereocenters. The van der Waals surface area contributed by atoms with Gasteiger partial charge in [-0.05, 0) is 39.0 Å². The van der Waals surface area contributed by atoms with E-state index in [1.54, 1.807) is 24.9 Å². The number of ether oxygens (including phenoxy) is 1. The van der Waals surface area contributed by atoms with E-state index in [2.05, 4.69) is 10.4 Å². The van der Waals surface area contributed by atoms with Crippen molar-refractivity contribution < 1.29 is 19.4 Å². The minimum absolute atomic E-state index is 0.0688. The third-order valence-electron chi connectivity index (χ3n) is 3.10. The molecule has 7 nitrogen and oxygen atoms in total. The molecule has 1 heterocycles. The van der Waals surface area contributed by atoms with Crippen LogP contribution in [0.25, 0.3) is 0 Å². The predicted molar refractivity (Wildman–Crippen MR) is 85.1 cm³/mol.